The third-order valence-corrected chi connectivity index (χ3v) is 6.93. The second-order valence-electron chi connectivity index (χ2n) is 9.28. The Kier molecular flexibility index (Phi) is 7.87. The van der Waals surface area contributed by atoms with Gasteiger partial charge in [0.25, 0.3) is 11.8 Å². The van der Waals surface area contributed by atoms with Gasteiger partial charge in [0, 0.05) is 41.8 Å². The molecule has 0 aliphatic carbocycles. The normalized spacial score (nSPS) is 15.9. The number of piperidine rings is 1. The van der Waals surface area contributed by atoms with Crippen LogP contribution in [0.4, 0.5) is 17.1 Å². The lowest BCUT2D eigenvalue weighted by Crippen LogP contribution is -2.34. The van der Waals surface area contributed by atoms with E-state index in [0.29, 0.717) is 33.3 Å². The highest BCUT2D eigenvalue weighted by molar-refractivity contribution is 6.30. The van der Waals surface area contributed by atoms with Crippen molar-refractivity contribution in [1.29, 1.82) is 0 Å². The number of pyridine rings is 1. The molecule has 1 aromatic heterocycles. The zero-order valence-corrected chi connectivity index (χ0v) is 21.3. The molecule has 2 aromatic carbocycles. The fourth-order valence-corrected chi connectivity index (χ4v) is 4.80. The van der Waals surface area contributed by atoms with Gasteiger partial charge < -0.3 is 25.6 Å². The summed E-state index contributed by atoms with van der Waals surface area (Å²) in [6.45, 7) is 3.78. The minimum Gasteiger partial charge on any atom is -0.489 e. The number of amides is 2. The Labute approximate surface area is 221 Å². The molecule has 2 aliphatic rings. The van der Waals surface area contributed by atoms with Gasteiger partial charge in [0.2, 0.25) is 0 Å². The average molecular weight is 520 g/mol. The topological polar surface area (TPSA) is 95.6 Å². The maximum Gasteiger partial charge on any atom is 0.259 e. The molecule has 9 heteroatoms. The Hall–Kier alpha value is -3.62. The van der Waals surface area contributed by atoms with Crippen molar-refractivity contribution >= 4 is 40.5 Å². The predicted octanol–water partition coefficient (Wildman–Crippen LogP) is 4.97. The van der Waals surface area contributed by atoms with Crippen molar-refractivity contribution < 1.29 is 14.3 Å². The van der Waals surface area contributed by atoms with Crippen molar-refractivity contribution in [2.45, 2.75) is 31.8 Å². The summed E-state index contributed by atoms with van der Waals surface area (Å²) in [7, 11) is 0. The first-order chi connectivity index (χ1) is 18.1. The van der Waals surface area contributed by atoms with E-state index in [9.17, 15) is 9.59 Å². The maximum atomic E-state index is 13.5. The van der Waals surface area contributed by atoms with Gasteiger partial charge in [-0.2, -0.15) is 0 Å². The van der Waals surface area contributed by atoms with Crippen LogP contribution in [0.15, 0.2) is 60.9 Å². The van der Waals surface area contributed by atoms with Gasteiger partial charge >= 0.3 is 0 Å². The molecule has 0 radical (unpaired) electrons. The van der Waals surface area contributed by atoms with Gasteiger partial charge in [-0.1, -0.05) is 11.6 Å². The van der Waals surface area contributed by atoms with Crippen molar-refractivity contribution in [2.24, 2.45) is 0 Å². The van der Waals surface area contributed by atoms with Crippen molar-refractivity contribution in [3.05, 3.63) is 77.1 Å². The fourth-order valence-electron chi connectivity index (χ4n) is 4.67. The van der Waals surface area contributed by atoms with Crippen LogP contribution in [-0.4, -0.2) is 49.1 Å². The van der Waals surface area contributed by atoms with Gasteiger partial charge in [0.15, 0.2) is 0 Å². The second kappa shape index (κ2) is 11.6. The number of aromatic nitrogens is 1. The summed E-state index contributed by atoms with van der Waals surface area (Å²) in [5.41, 5.74) is 2.69. The molecule has 0 saturated carbocycles. The number of halogens is 1. The standard InChI is InChI=1S/C28H30ClN5O3/c29-19-3-5-20(6-4-19)32-27(35)23-11-14-31-18-25(23)33-28(36)24-8-7-21(34-15-1-2-16-34)17-26(24)37-22-9-12-30-13-10-22/h3-8,11,14,17-18,22,30H,1-2,9-10,12-13,15-16H2,(H,32,35)(H,33,36). The molecule has 0 atom stereocenters. The van der Waals surface area contributed by atoms with E-state index in [2.05, 4.69) is 25.8 Å². The van der Waals surface area contributed by atoms with Crippen molar-refractivity contribution in [1.82, 2.24) is 10.3 Å². The Balaban J connectivity index is 1.38. The number of anilines is 3. The molecule has 0 spiro atoms. The van der Waals surface area contributed by atoms with Crippen LogP contribution in [0.2, 0.25) is 5.02 Å². The van der Waals surface area contributed by atoms with Gasteiger partial charge in [0.05, 0.1) is 23.0 Å². The number of hydrogen-bond donors (Lipinski definition) is 3. The zero-order valence-electron chi connectivity index (χ0n) is 20.5. The third-order valence-electron chi connectivity index (χ3n) is 6.68. The lowest BCUT2D eigenvalue weighted by molar-refractivity contribution is 0.101. The summed E-state index contributed by atoms with van der Waals surface area (Å²) in [6.07, 6.45) is 7.12. The summed E-state index contributed by atoms with van der Waals surface area (Å²) in [5, 5.41) is 9.63. The molecule has 2 fully saturated rings. The molecule has 2 saturated heterocycles. The molecule has 0 bridgehead atoms. The van der Waals surface area contributed by atoms with E-state index in [1.54, 1.807) is 30.3 Å². The molecule has 3 aromatic rings. The van der Waals surface area contributed by atoms with Gasteiger partial charge in [-0.05, 0) is 81.2 Å². The van der Waals surface area contributed by atoms with E-state index in [4.69, 9.17) is 16.3 Å². The van der Waals surface area contributed by atoms with Crippen LogP contribution in [0, 0.1) is 0 Å². The smallest absolute Gasteiger partial charge is 0.259 e. The number of benzene rings is 2. The number of nitrogens with zero attached hydrogens (tertiary/aromatic N) is 2. The average Bonchev–Trinajstić information content (AvgIpc) is 3.46. The first kappa shape index (κ1) is 25.0. The Morgan fingerprint density at radius 1 is 0.946 bits per heavy atom. The molecule has 2 aliphatic heterocycles. The van der Waals surface area contributed by atoms with E-state index in [1.807, 2.05) is 18.2 Å². The summed E-state index contributed by atoms with van der Waals surface area (Å²) < 4.78 is 6.38. The first-order valence-corrected chi connectivity index (χ1v) is 13.0. The summed E-state index contributed by atoms with van der Waals surface area (Å²) in [5.74, 6) is -0.161. The highest BCUT2D eigenvalue weighted by atomic mass is 35.5. The number of carbonyl (C=O) groups excluding carboxylic acids is 2. The Morgan fingerprint density at radius 2 is 1.68 bits per heavy atom. The molecule has 37 heavy (non-hydrogen) atoms. The van der Waals surface area contributed by atoms with Crippen LogP contribution in [-0.2, 0) is 0 Å². The zero-order chi connectivity index (χ0) is 25.6. The van der Waals surface area contributed by atoms with E-state index in [0.717, 1.165) is 57.5 Å². The lowest BCUT2D eigenvalue weighted by atomic mass is 10.1. The van der Waals surface area contributed by atoms with Gasteiger partial charge in [-0.25, -0.2) is 0 Å². The minimum atomic E-state index is -0.365. The summed E-state index contributed by atoms with van der Waals surface area (Å²) in [6, 6.07) is 14.1. The Bertz CT molecular complexity index is 1250. The molecule has 2 amide bonds. The number of nitrogens with one attached hydrogen (secondary N) is 3. The molecular weight excluding hydrogens is 490 g/mol. The highest BCUT2D eigenvalue weighted by Crippen LogP contribution is 2.31. The molecular formula is C28H30ClN5O3. The number of carbonyl (C=O) groups is 2. The molecule has 0 unspecified atom stereocenters. The van der Waals surface area contributed by atoms with Crippen LogP contribution in [0.25, 0.3) is 0 Å². The SMILES string of the molecule is O=C(Nc1ccc(Cl)cc1)c1ccncc1NC(=O)c1ccc(N2CCCC2)cc1OC1CCNCC1. The van der Waals surface area contributed by atoms with E-state index < -0.39 is 0 Å². The monoisotopic (exact) mass is 519 g/mol. The number of hydrogen-bond acceptors (Lipinski definition) is 6. The number of rotatable bonds is 7. The molecule has 5 rings (SSSR count). The van der Waals surface area contributed by atoms with Gasteiger partial charge in [-0.15, -0.1) is 0 Å². The van der Waals surface area contributed by atoms with E-state index in [1.165, 1.54) is 12.4 Å². The molecule has 8 nitrogen and oxygen atoms in total. The highest BCUT2D eigenvalue weighted by Gasteiger charge is 2.23. The Morgan fingerprint density at radius 3 is 2.43 bits per heavy atom. The third kappa shape index (κ3) is 6.21. The van der Waals surface area contributed by atoms with Crippen LogP contribution in [0.5, 0.6) is 5.75 Å². The lowest BCUT2D eigenvalue weighted by Gasteiger charge is -2.26. The maximum absolute atomic E-state index is 13.5. The summed E-state index contributed by atoms with van der Waals surface area (Å²) >= 11 is 5.94. The predicted molar refractivity (Wildman–Crippen MR) is 146 cm³/mol. The quantitative estimate of drug-likeness (QED) is 0.408. The van der Waals surface area contributed by atoms with Gasteiger partial charge in [0.1, 0.15) is 11.9 Å². The summed E-state index contributed by atoms with van der Waals surface area (Å²) in [4.78, 5) is 32.9. The van der Waals surface area contributed by atoms with Crippen LogP contribution < -0.4 is 25.6 Å². The molecule has 3 N–H and O–H groups in total. The van der Waals surface area contributed by atoms with Crippen LogP contribution in [0.3, 0.4) is 0 Å². The second-order valence-corrected chi connectivity index (χ2v) is 9.71. The largest absolute Gasteiger partial charge is 0.489 e. The van der Waals surface area contributed by atoms with Crippen LogP contribution >= 0.6 is 11.6 Å². The van der Waals surface area contributed by atoms with Crippen molar-refractivity contribution in [3.63, 3.8) is 0 Å². The van der Waals surface area contributed by atoms with E-state index >= 15 is 0 Å². The van der Waals surface area contributed by atoms with E-state index in [-0.39, 0.29) is 17.9 Å². The first-order valence-electron chi connectivity index (χ1n) is 12.7. The number of ether oxygens (including phenoxy) is 1. The van der Waals surface area contributed by atoms with Crippen molar-refractivity contribution in [2.75, 3.05) is 41.7 Å². The fraction of sp³-hybridized carbons (Fsp3) is 0.321. The minimum absolute atomic E-state index is 0.0423. The van der Waals surface area contributed by atoms with Crippen molar-refractivity contribution in [3.8, 4) is 5.75 Å². The van der Waals surface area contributed by atoms with Gasteiger partial charge in [-0.3, -0.25) is 14.6 Å². The van der Waals surface area contributed by atoms with Crippen LogP contribution in [0.1, 0.15) is 46.4 Å². The molecule has 3 heterocycles. The molecule has 192 valence electrons.